The van der Waals surface area contributed by atoms with Gasteiger partial charge in [-0.05, 0) is 32.1 Å². The number of aromatic nitrogens is 2. The quantitative estimate of drug-likeness (QED) is 0.831. The number of halogens is 1. The van der Waals surface area contributed by atoms with Crippen LogP contribution in [0.3, 0.4) is 0 Å². The average molecular weight is 268 g/mol. The fourth-order valence-electron chi connectivity index (χ4n) is 2.88. The van der Waals surface area contributed by atoms with E-state index in [4.69, 9.17) is 11.6 Å². The molecule has 1 heterocycles. The molecule has 1 atom stereocenters. The molecule has 2 rings (SSSR count). The third-order valence-electron chi connectivity index (χ3n) is 3.80. The lowest BCUT2D eigenvalue weighted by atomic mass is 9.83. The lowest BCUT2D eigenvalue weighted by Crippen LogP contribution is -2.30. The van der Waals surface area contributed by atoms with Crippen LogP contribution < -0.4 is 5.32 Å². The van der Waals surface area contributed by atoms with Crippen LogP contribution in [0.25, 0.3) is 0 Å². The van der Waals surface area contributed by atoms with Gasteiger partial charge in [-0.3, -0.25) is 0 Å². The molecule has 0 amide bonds. The number of rotatable bonds is 4. The van der Waals surface area contributed by atoms with Crippen LogP contribution in [0, 0.1) is 12.8 Å². The minimum absolute atomic E-state index is 0.510. The van der Waals surface area contributed by atoms with Crippen molar-refractivity contribution in [3.63, 3.8) is 0 Å². The molecule has 1 N–H and O–H groups in total. The molecule has 1 aliphatic carbocycles. The predicted octanol–water partition coefficient (Wildman–Crippen LogP) is 4.21. The topological polar surface area (TPSA) is 37.8 Å². The predicted molar refractivity (Wildman–Crippen MR) is 76.1 cm³/mol. The summed E-state index contributed by atoms with van der Waals surface area (Å²) in [6.07, 6.45) is 7.93. The highest BCUT2D eigenvalue weighted by Gasteiger charge is 2.22. The molecule has 4 heteroatoms. The number of hydrogen-bond acceptors (Lipinski definition) is 3. The number of nitrogens with one attached hydrogen (secondary N) is 1. The summed E-state index contributed by atoms with van der Waals surface area (Å²) in [4.78, 5) is 8.50. The van der Waals surface area contributed by atoms with Crippen LogP contribution in [0.4, 0.5) is 5.82 Å². The van der Waals surface area contributed by atoms with E-state index in [1.807, 2.05) is 13.0 Å². The Balaban J connectivity index is 2.04. The van der Waals surface area contributed by atoms with Gasteiger partial charge in [-0.1, -0.05) is 37.8 Å². The maximum absolute atomic E-state index is 5.97. The summed E-state index contributed by atoms with van der Waals surface area (Å²) in [7, 11) is 0. The molecule has 0 aromatic carbocycles. The molecule has 18 heavy (non-hydrogen) atoms. The van der Waals surface area contributed by atoms with E-state index in [9.17, 15) is 0 Å². The largest absolute Gasteiger partial charge is 0.367 e. The summed E-state index contributed by atoms with van der Waals surface area (Å²) in [5, 5.41) is 4.06. The maximum atomic E-state index is 5.97. The average Bonchev–Trinajstić information content (AvgIpc) is 2.36. The van der Waals surface area contributed by atoms with Gasteiger partial charge in [0, 0.05) is 12.1 Å². The smallest absolute Gasteiger partial charge is 0.134 e. The normalized spacial score (nSPS) is 18.6. The van der Waals surface area contributed by atoms with Crippen LogP contribution in [0.2, 0.25) is 5.15 Å². The van der Waals surface area contributed by atoms with Crippen LogP contribution >= 0.6 is 11.6 Å². The van der Waals surface area contributed by atoms with Crippen molar-refractivity contribution in [1.82, 2.24) is 9.97 Å². The van der Waals surface area contributed by atoms with Crippen molar-refractivity contribution in [2.45, 2.75) is 58.4 Å². The van der Waals surface area contributed by atoms with Crippen LogP contribution in [0.1, 0.15) is 51.3 Å². The second-order valence-electron chi connectivity index (χ2n) is 5.18. The first-order chi connectivity index (χ1) is 8.69. The molecule has 0 bridgehead atoms. The maximum Gasteiger partial charge on any atom is 0.134 e. The van der Waals surface area contributed by atoms with E-state index >= 15 is 0 Å². The molecule has 1 aliphatic rings. The van der Waals surface area contributed by atoms with Crippen molar-refractivity contribution in [2.75, 3.05) is 5.32 Å². The zero-order chi connectivity index (χ0) is 13.0. The monoisotopic (exact) mass is 267 g/mol. The highest BCUT2D eigenvalue weighted by molar-refractivity contribution is 6.29. The highest BCUT2D eigenvalue weighted by Crippen LogP contribution is 2.29. The summed E-state index contributed by atoms with van der Waals surface area (Å²) in [6, 6.07) is 2.33. The molecule has 1 unspecified atom stereocenters. The Morgan fingerprint density at radius 3 is 2.67 bits per heavy atom. The Morgan fingerprint density at radius 1 is 1.33 bits per heavy atom. The minimum Gasteiger partial charge on any atom is -0.367 e. The van der Waals surface area contributed by atoms with Crippen LogP contribution in [0.5, 0.6) is 0 Å². The van der Waals surface area contributed by atoms with Crippen molar-refractivity contribution < 1.29 is 0 Å². The molecule has 1 aromatic rings. The first-order valence-electron chi connectivity index (χ1n) is 6.96. The molecular formula is C14H22ClN3. The van der Waals surface area contributed by atoms with E-state index in [0.29, 0.717) is 11.2 Å². The molecule has 100 valence electrons. The van der Waals surface area contributed by atoms with Gasteiger partial charge in [-0.15, -0.1) is 0 Å². The SMILES string of the molecule is CCC(Nc1cc(Cl)nc(C)n1)C1CCCCC1. The molecule has 0 spiro atoms. The third kappa shape index (κ3) is 3.58. The molecule has 0 saturated heterocycles. The molecule has 3 nitrogen and oxygen atoms in total. The number of aryl methyl sites for hydroxylation is 1. The fraction of sp³-hybridized carbons (Fsp3) is 0.714. The molecular weight excluding hydrogens is 246 g/mol. The third-order valence-corrected chi connectivity index (χ3v) is 3.99. The number of nitrogens with zero attached hydrogens (tertiary/aromatic N) is 2. The van der Waals surface area contributed by atoms with Crippen LogP contribution in [-0.2, 0) is 0 Å². The zero-order valence-corrected chi connectivity index (χ0v) is 12.0. The Labute approximate surface area is 114 Å². The lowest BCUT2D eigenvalue weighted by molar-refractivity contribution is 0.312. The summed E-state index contributed by atoms with van der Waals surface area (Å²) in [5.41, 5.74) is 0. The van der Waals surface area contributed by atoms with Crippen molar-refractivity contribution in [3.05, 3.63) is 17.0 Å². The Morgan fingerprint density at radius 2 is 2.06 bits per heavy atom. The minimum atomic E-state index is 0.510. The molecule has 0 aliphatic heterocycles. The number of anilines is 1. The van der Waals surface area contributed by atoms with Crippen LogP contribution in [-0.4, -0.2) is 16.0 Å². The van der Waals surface area contributed by atoms with Crippen molar-refractivity contribution in [3.8, 4) is 0 Å². The Hall–Kier alpha value is -0.830. The molecule has 1 fully saturated rings. The van der Waals surface area contributed by atoms with Gasteiger partial charge in [0.25, 0.3) is 0 Å². The van der Waals surface area contributed by atoms with Gasteiger partial charge in [0.2, 0.25) is 0 Å². The standard InChI is InChI=1S/C14H22ClN3/c1-3-12(11-7-5-4-6-8-11)18-14-9-13(15)16-10(2)17-14/h9,11-12H,3-8H2,1-2H3,(H,16,17,18). The lowest BCUT2D eigenvalue weighted by Gasteiger charge is -2.30. The second-order valence-corrected chi connectivity index (χ2v) is 5.57. The van der Waals surface area contributed by atoms with Crippen LogP contribution in [0.15, 0.2) is 6.07 Å². The molecule has 0 radical (unpaired) electrons. The zero-order valence-electron chi connectivity index (χ0n) is 11.2. The first kappa shape index (κ1) is 13.6. The van der Waals surface area contributed by atoms with E-state index in [2.05, 4.69) is 22.2 Å². The van der Waals surface area contributed by atoms with E-state index in [1.165, 1.54) is 32.1 Å². The first-order valence-corrected chi connectivity index (χ1v) is 7.34. The Bertz CT molecular complexity index is 368. The second kappa shape index (κ2) is 6.37. The van der Waals surface area contributed by atoms with Gasteiger partial charge < -0.3 is 5.32 Å². The highest BCUT2D eigenvalue weighted by atomic mass is 35.5. The number of hydrogen-bond donors (Lipinski definition) is 1. The van der Waals surface area contributed by atoms with E-state index in [-0.39, 0.29) is 0 Å². The molecule has 1 saturated carbocycles. The summed E-state index contributed by atoms with van der Waals surface area (Å²) in [6.45, 7) is 4.11. The summed E-state index contributed by atoms with van der Waals surface area (Å²) in [5.74, 6) is 2.37. The van der Waals surface area contributed by atoms with Crippen molar-refractivity contribution in [2.24, 2.45) is 5.92 Å². The fourth-order valence-corrected chi connectivity index (χ4v) is 3.11. The van der Waals surface area contributed by atoms with Gasteiger partial charge >= 0.3 is 0 Å². The van der Waals surface area contributed by atoms with E-state index < -0.39 is 0 Å². The van der Waals surface area contributed by atoms with E-state index in [0.717, 1.165) is 24.0 Å². The summed E-state index contributed by atoms with van der Waals surface area (Å²) >= 11 is 5.97. The van der Waals surface area contributed by atoms with Gasteiger partial charge in [0.15, 0.2) is 0 Å². The van der Waals surface area contributed by atoms with E-state index in [1.54, 1.807) is 0 Å². The van der Waals surface area contributed by atoms with Gasteiger partial charge in [-0.2, -0.15) is 0 Å². The Kier molecular flexibility index (Phi) is 4.81. The summed E-state index contributed by atoms with van der Waals surface area (Å²) < 4.78 is 0. The van der Waals surface area contributed by atoms with Crippen molar-refractivity contribution >= 4 is 17.4 Å². The van der Waals surface area contributed by atoms with Crippen molar-refractivity contribution in [1.29, 1.82) is 0 Å². The van der Waals surface area contributed by atoms with Gasteiger partial charge in [0.05, 0.1) is 0 Å². The van der Waals surface area contributed by atoms with Gasteiger partial charge in [-0.25, -0.2) is 9.97 Å². The molecule has 1 aromatic heterocycles. The van der Waals surface area contributed by atoms with Gasteiger partial charge in [0.1, 0.15) is 16.8 Å².